The van der Waals surface area contributed by atoms with Crippen molar-refractivity contribution in [1.82, 2.24) is 10.3 Å². The molecule has 2 aliphatic rings. The Kier molecular flexibility index (Phi) is 4.36. The van der Waals surface area contributed by atoms with Gasteiger partial charge in [-0.2, -0.15) is 0 Å². The van der Waals surface area contributed by atoms with Gasteiger partial charge in [0.25, 0.3) is 0 Å². The van der Waals surface area contributed by atoms with Crippen LogP contribution in [0.3, 0.4) is 0 Å². The van der Waals surface area contributed by atoms with E-state index >= 15 is 0 Å². The summed E-state index contributed by atoms with van der Waals surface area (Å²) in [5.41, 5.74) is 1.78. The third-order valence-electron chi connectivity index (χ3n) is 4.18. The predicted octanol–water partition coefficient (Wildman–Crippen LogP) is 2.66. The quantitative estimate of drug-likeness (QED) is 0.891. The number of anilines is 1. The number of aromatic nitrogens is 1. The van der Waals surface area contributed by atoms with E-state index in [0.29, 0.717) is 30.8 Å². The number of nitrogens with one attached hydrogen (secondary N) is 2. The molecule has 0 aliphatic carbocycles. The van der Waals surface area contributed by atoms with Crippen LogP contribution in [0.5, 0.6) is 11.5 Å². The van der Waals surface area contributed by atoms with E-state index in [2.05, 4.69) is 15.6 Å². The van der Waals surface area contributed by atoms with Gasteiger partial charge in [0.2, 0.25) is 5.91 Å². The fraction of sp³-hybridized carbons (Fsp3) is 0.412. The second kappa shape index (κ2) is 6.78. The zero-order valence-electron chi connectivity index (χ0n) is 13.2. The first kappa shape index (κ1) is 15.4. The number of rotatable bonds is 4. The smallest absolute Gasteiger partial charge is 0.227 e. The molecule has 0 saturated carbocycles. The number of carbonyl (C=O) groups excluding carboxylic acids is 1. The van der Waals surface area contributed by atoms with Crippen molar-refractivity contribution < 1.29 is 14.3 Å². The van der Waals surface area contributed by atoms with Crippen molar-refractivity contribution in [2.24, 2.45) is 0 Å². The number of hydrogen-bond donors (Lipinski definition) is 2. The molecule has 2 aromatic rings. The van der Waals surface area contributed by atoms with Crippen molar-refractivity contribution in [3.05, 3.63) is 23.6 Å². The van der Waals surface area contributed by atoms with Gasteiger partial charge < -0.3 is 20.1 Å². The third-order valence-corrected chi connectivity index (χ3v) is 4.94. The lowest BCUT2D eigenvalue weighted by Crippen LogP contribution is -2.27. The molecule has 6 nitrogen and oxygen atoms in total. The third kappa shape index (κ3) is 3.37. The van der Waals surface area contributed by atoms with Crippen molar-refractivity contribution in [2.75, 3.05) is 25.1 Å². The molecule has 3 heterocycles. The second-order valence-corrected chi connectivity index (χ2v) is 6.80. The van der Waals surface area contributed by atoms with E-state index in [1.165, 1.54) is 11.3 Å². The van der Waals surface area contributed by atoms with E-state index in [1.54, 1.807) is 0 Å². The van der Waals surface area contributed by atoms with E-state index in [4.69, 9.17) is 9.47 Å². The maximum absolute atomic E-state index is 12.1. The van der Waals surface area contributed by atoms with Gasteiger partial charge >= 0.3 is 0 Å². The van der Waals surface area contributed by atoms with Gasteiger partial charge in [0, 0.05) is 23.4 Å². The van der Waals surface area contributed by atoms with Crippen LogP contribution in [0.25, 0.3) is 11.3 Å². The Hall–Kier alpha value is -2.12. The molecule has 7 heteroatoms. The predicted molar refractivity (Wildman–Crippen MR) is 92.8 cm³/mol. The van der Waals surface area contributed by atoms with E-state index in [0.717, 1.165) is 42.1 Å². The molecule has 0 spiro atoms. The minimum absolute atomic E-state index is 0.0116. The first-order chi connectivity index (χ1) is 11.8. The molecule has 0 bridgehead atoms. The van der Waals surface area contributed by atoms with Crippen molar-refractivity contribution in [3.8, 4) is 22.8 Å². The van der Waals surface area contributed by atoms with Gasteiger partial charge in [0.1, 0.15) is 13.2 Å². The normalized spacial score (nSPS) is 19.2. The largest absolute Gasteiger partial charge is 0.486 e. The summed E-state index contributed by atoms with van der Waals surface area (Å²) in [7, 11) is 0. The van der Waals surface area contributed by atoms with Gasteiger partial charge in [0.15, 0.2) is 16.6 Å². The summed E-state index contributed by atoms with van der Waals surface area (Å²) < 4.78 is 11.1. The highest BCUT2D eigenvalue weighted by Crippen LogP contribution is 2.35. The average Bonchev–Trinajstić information content (AvgIpc) is 3.26. The summed E-state index contributed by atoms with van der Waals surface area (Å²) in [6.45, 7) is 2.14. The van der Waals surface area contributed by atoms with E-state index < -0.39 is 0 Å². The fourth-order valence-electron chi connectivity index (χ4n) is 2.99. The fourth-order valence-corrected chi connectivity index (χ4v) is 3.73. The molecular weight excluding hydrogens is 326 g/mol. The van der Waals surface area contributed by atoms with Gasteiger partial charge in [-0.25, -0.2) is 4.98 Å². The first-order valence-corrected chi connectivity index (χ1v) is 9.05. The van der Waals surface area contributed by atoms with Crippen LogP contribution in [-0.2, 0) is 4.79 Å². The molecule has 1 saturated heterocycles. The molecule has 2 aliphatic heterocycles. The standard InChI is InChI=1S/C17H19N3O3S/c21-16(9-12-2-1-5-18-12)20-17-19-13(10-24-17)11-3-4-14-15(8-11)23-7-6-22-14/h3-4,8,10,12,18H,1-2,5-7,9H2,(H,19,20,21). The zero-order chi connectivity index (χ0) is 16.4. The summed E-state index contributed by atoms with van der Waals surface area (Å²) in [6.07, 6.45) is 2.70. The number of thiazole rings is 1. The summed E-state index contributed by atoms with van der Waals surface area (Å²) >= 11 is 1.43. The molecule has 1 amide bonds. The molecule has 0 radical (unpaired) electrons. The number of benzene rings is 1. The Morgan fingerprint density at radius 1 is 1.33 bits per heavy atom. The van der Waals surface area contributed by atoms with Crippen LogP contribution in [0.1, 0.15) is 19.3 Å². The number of hydrogen-bond acceptors (Lipinski definition) is 6. The first-order valence-electron chi connectivity index (χ1n) is 8.17. The summed E-state index contributed by atoms with van der Waals surface area (Å²) in [5.74, 6) is 1.51. The SMILES string of the molecule is O=C(CC1CCCN1)Nc1nc(-c2ccc3c(c2)OCCO3)cs1. The van der Waals surface area contributed by atoms with E-state index in [1.807, 2.05) is 23.6 Å². The van der Waals surface area contributed by atoms with Crippen molar-refractivity contribution in [3.63, 3.8) is 0 Å². The minimum atomic E-state index is 0.0116. The van der Waals surface area contributed by atoms with Gasteiger partial charge in [-0.05, 0) is 37.6 Å². The summed E-state index contributed by atoms with van der Waals surface area (Å²) in [4.78, 5) is 16.6. The minimum Gasteiger partial charge on any atom is -0.486 e. The maximum atomic E-state index is 12.1. The maximum Gasteiger partial charge on any atom is 0.227 e. The second-order valence-electron chi connectivity index (χ2n) is 5.94. The molecule has 24 heavy (non-hydrogen) atoms. The Balaban J connectivity index is 1.43. The number of carbonyl (C=O) groups is 1. The number of ether oxygens (including phenoxy) is 2. The van der Waals surface area contributed by atoms with Crippen LogP contribution >= 0.6 is 11.3 Å². The Morgan fingerprint density at radius 2 is 2.21 bits per heavy atom. The van der Waals surface area contributed by atoms with Crippen molar-refractivity contribution in [2.45, 2.75) is 25.3 Å². The highest BCUT2D eigenvalue weighted by atomic mass is 32.1. The molecule has 1 fully saturated rings. The van der Waals surface area contributed by atoms with Crippen molar-refractivity contribution in [1.29, 1.82) is 0 Å². The molecule has 4 rings (SSSR count). The average molecular weight is 345 g/mol. The van der Waals surface area contributed by atoms with Crippen LogP contribution in [0.2, 0.25) is 0 Å². The number of amides is 1. The van der Waals surface area contributed by atoms with E-state index in [9.17, 15) is 4.79 Å². The molecule has 2 N–H and O–H groups in total. The molecule has 1 unspecified atom stereocenters. The highest BCUT2D eigenvalue weighted by molar-refractivity contribution is 7.14. The van der Waals surface area contributed by atoms with Crippen LogP contribution in [0.4, 0.5) is 5.13 Å². The summed E-state index contributed by atoms with van der Waals surface area (Å²) in [6, 6.07) is 6.07. The molecule has 1 atom stereocenters. The molecule has 1 aromatic heterocycles. The lowest BCUT2D eigenvalue weighted by molar-refractivity contribution is -0.116. The highest BCUT2D eigenvalue weighted by Gasteiger charge is 2.19. The summed E-state index contributed by atoms with van der Waals surface area (Å²) in [5, 5.41) is 8.79. The topological polar surface area (TPSA) is 72.5 Å². The van der Waals surface area contributed by atoms with E-state index in [-0.39, 0.29) is 5.91 Å². The lowest BCUT2D eigenvalue weighted by Gasteiger charge is -2.18. The molecular formula is C17H19N3O3S. The number of nitrogens with zero attached hydrogens (tertiary/aromatic N) is 1. The monoisotopic (exact) mass is 345 g/mol. The van der Waals surface area contributed by atoms with Crippen molar-refractivity contribution >= 4 is 22.4 Å². The lowest BCUT2D eigenvalue weighted by atomic mass is 10.1. The van der Waals surface area contributed by atoms with Gasteiger partial charge in [-0.15, -0.1) is 11.3 Å². The zero-order valence-corrected chi connectivity index (χ0v) is 14.0. The molecule has 1 aromatic carbocycles. The number of fused-ring (bicyclic) bond motifs is 1. The van der Waals surface area contributed by atoms with Gasteiger partial charge in [-0.1, -0.05) is 0 Å². The van der Waals surface area contributed by atoms with Gasteiger partial charge in [0.05, 0.1) is 5.69 Å². The Morgan fingerprint density at radius 3 is 3.04 bits per heavy atom. The van der Waals surface area contributed by atoms with Crippen LogP contribution in [0, 0.1) is 0 Å². The Labute approximate surface area is 144 Å². The van der Waals surface area contributed by atoms with Crippen LogP contribution < -0.4 is 20.1 Å². The Bertz CT molecular complexity index is 740. The van der Waals surface area contributed by atoms with Crippen LogP contribution in [-0.4, -0.2) is 36.7 Å². The molecule has 126 valence electrons. The van der Waals surface area contributed by atoms with Gasteiger partial charge in [-0.3, -0.25) is 4.79 Å². The van der Waals surface area contributed by atoms with Crippen LogP contribution in [0.15, 0.2) is 23.6 Å².